The summed E-state index contributed by atoms with van der Waals surface area (Å²) in [4.78, 5) is 4.26. The van der Waals surface area contributed by atoms with Crippen LogP contribution < -0.4 is 5.73 Å². The molecule has 2 aromatic rings. The van der Waals surface area contributed by atoms with Crippen LogP contribution in [0, 0.1) is 6.92 Å². The molecule has 0 spiro atoms. The fraction of sp³-hybridized carbons (Fsp3) is 0.100. The average Bonchev–Trinajstić information content (AvgIpc) is 2.15. The first-order chi connectivity index (χ1) is 6.20. The molecule has 3 heteroatoms. The Hall–Kier alpha value is -1.09. The molecular formula is C10H9BrN2. The van der Waals surface area contributed by atoms with Crippen LogP contribution in [0.4, 0.5) is 5.69 Å². The van der Waals surface area contributed by atoms with Gasteiger partial charge in [-0.2, -0.15) is 0 Å². The Morgan fingerprint density at radius 3 is 3.00 bits per heavy atom. The van der Waals surface area contributed by atoms with Gasteiger partial charge < -0.3 is 5.73 Å². The first-order valence-electron chi connectivity index (χ1n) is 3.99. The molecule has 1 aromatic carbocycles. The van der Waals surface area contributed by atoms with E-state index in [2.05, 4.69) is 20.9 Å². The average molecular weight is 237 g/mol. The molecule has 0 saturated carbocycles. The van der Waals surface area contributed by atoms with Crippen molar-refractivity contribution < 1.29 is 0 Å². The maximum absolute atomic E-state index is 5.93. The summed E-state index contributed by atoms with van der Waals surface area (Å²) >= 11 is 3.46. The Kier molecular flexibility index (Phi) is 1.96. The first kappa shape index (κ1) is 8.51. The van der Waals surface area contributed by atoms with Crippen molar-refractivity contribution in [3.8, 4) is 0 Å². The van der Waals surface area contributed by atoms with Gasteiger partial charge in [0.1, 0.15) is 0 Å². The minimum absolute atomic E-state index is 0.811. The fourth-order valence-electron chi connectivity index (χ4n) is 1.36. The summed E-state index contributed by atoms with van der Waals surface area (Å²) in [6, 6.07) is 5.87. The zero-order valence-electron chi connectivity index (χ0n) is 7.21. The molecule has 0 unspecified atom stereocenters. The van der Waals surface area contributed by atoms with E-state index in [9.17, 15) is 0 Å². The van der Waals surface area contributed by atoms with Gasteiger partial charge in [-0.15, -0.1) is 0 Å². The number of benzene rings is 1. The molecule has 1 aromatic heterocycles. The van der Waals surface area contributed by atoms with Gasteiger partial charge in [-0.05, 0) is 46.6 Å². The highest BCUT2D eigenvalue weighted by Gasteiger charge is 2.05. The molecule has 0 radical (unpaired) electrons. The van der Waals surface area contributed by atoms with Gasteiger partial charge in [-0.3, -0.25) is 4.98 Å². The number of anilines is 1. The molecule has 2 rings (SSSR count). The van der Waals surface area contributed by atoms with Crippen LogP contribution in [0.25, 0.3) is 10.9 Å². The van der Waals surface area contributed by atoms with Gasteiger partial charge in [0.2, 0.25) is 0 Å². The summed E-state index contributed by atoms with van der Waals surface area (Å²) < 4.78 is 0.995. The van der Waals surface area contributed by atoms with Crippen LogP contribution in [0.2, 0.25) is 0 Å². The molecule has 0 bridgehead atoms. The van der Waals surface area contributed by atoms with Crippen molar-refractivity contribution in [1.29, 1.82) is 0 Å². The van der Waals surface area contributed by atoms with Crippen molar-refractivity contribution in [2.75, 3.05) is 5.73 Å². The van der Waals surface area contributed by atoms with Crippen LogP contribution in [-0.4, -0.2) is 4.98 Å². The van der Waals surface area contributed by atoms with Crippen molar-refractivity contribution in [1.82, 2.24) is 4.98 Å². The van der Waals surface area contributed by atoms with E-state index >= 15 is 0 Å². The normalized spacial score (nSPS) is 10.6. The molecule has 0 aliphatic carbocycles. The summed E-state index contributed by atoms with van der Waals surface area (Å²) in [6.07, 6.45) is 1.77. The summed E-state index contributed by atoms with van der Waals surface area (Å²) in [6.45, 7) is 1.99. The number of aromatic nitrogens is 1. The second-order valence-corrected chi connectivity index (χ2v) is 3.84. The lowest BCUT2D eigenvalue weighted by atomic mass is 10.1. The summed E-state index contributed by atoms with van der Waals surface area (Å²) in [7, 11) is 0. The van der Waals surface area contributed by atoms with E-state index in [1.54, 1.807) is 6.20 Å². The highest BCUT2D eigenvalue weighted by Crippen LogP contribution is 2.29. The lowest BCUT2D eigenvalue weighted by Gasteiger charge is -2.06. The molecule has 0 fully saturated rings. The molecule has 2 nitrogen and oxygen atoms in total. The zero-order valence-corrected chi connectivity index (χ0v) is 8.80. The number of nitrogen functional groups attached to an aromatic ring is 1. The van der Waals surface area contributed by atoms with Gasteiger partial charge in [-0.25, -0.2) is 0 Å². The summed E-state index contributed by atoms with van der Waals surface area (Å²) in [5.41, 5.74) is 8.74. The smallest absolute Gasteiger partial charge is 0.0864 e. The standard InChI is InChI=1S/C10H9BrN2/c1-6-5-8(11)10-7(9(6)12)3-2-4-13-10/h2-5H,12H2,1H3. The van der Waals surface area contributed by atoms with Crippen LogP contribution in [0.1, 0.15) is 5.56 Å². The number of hydrogen-bond donors (Lipinski definition) is 1. The highest BCUT2D eigenvalue weighted by atomic mass is 79.9. The van der Waals surface area contributed by atoms with Gasteiger partial charge >= 0.3 is 0 Å². The van der Waals surface area contributed by atoms with E-state index in [-0.39, 0.29) is 0 Å². The number of halogens is 1. The summed E-state index contributed by atoms with van der Waals surface area (Å²) in [5.74, 6) is 0. The number of fused-ring (bicyclic) bond motifs is 1. The largest absolute Gasteiger partial charge is 0.398 e. The van der Waals surface area contributed by atoms with Gasteiger partial charge in [0.25, 0.3) is 0 Å². The van der Waals surface area contributed by atoms with Gasteiger partial charge in [0, 0.05) is 21.7 Å². The molecule has 2 N–H and O–H groups in total. The van der Waals surface area contributed by atoms with Crippen LogP contribution in [0.5, 0.6) is 0 Å². The molecule has 0 atom stereocenters. The maximum Gasteiger partial charge on any atom is 0.0864 e. The van der Waals surface area contributed by atoms with Gasteiger partial charge in [-0.1, -0.05) is 0 Å². The highest BCUT2D eigenvalue weighted by molar-refractivity contribution is 9.10. The van der Waals surface area contributed by atoms with Gasteiger partial charge in [0.15, 0.2) is 0 Å². The third-order valence-electron chi connectivity index (χ3n) is 2.09. The Bertz CT molecular complexity index is 466. The van der Waals surface area contributed by atoms with Crippen molar-refractivity contribution >= 4 is 32.5 Å². The van der Waals surface area contributed by atoms with Gasteiger partial charge in [0.05, 0.1) is 5.52 Å². The number of pyridine rings is 1. The third kappa shape index (κ3) is 1.29. The predicted octanol–water partition coefficient (Wildman–Crippen LogP) is 2.89. The molecule has 0 saturated heterocycles. The monoisotopic (exact) mass is 236 g/mol. The Morgan fingerprint density at radius 1 is 1.46 bits per heavy atom. The number of aryl methyl sites for hydroxylation is 1. The molecule has 0 aliphatic heterocycles. The van der Waals surface area contributed by atoms with Crippen LogP contribution in [0.15, 0.2) is 28.9 Å². The van der Waals surface area contributed by atoms with E-state index in [0.717, 1.165) is 26.6 Å². The quantitative estimate of drug-likeness (QED) is 0.715. The molecule has 13 heavy (non-hydrogen) atoms. The van der Waals surface area contributed by atoms with E-state index in [0.29, 0.717) is 0 Å². The summed E-state index contributed by atoms with van der Waals surface area (Å²) in [5, 5.41) is 1.01. The number of hydrogen-bond acceptors (Lipinski definition) is 2. The zero-order chi connectivity index (χ0) is 9.42. The molecular weight excluding hydrogens is 228 g/mol. The Morgan fingerprint density at radius 2 is 2.23 bits per heavy atom. The Labute approximate surface area is 84.9 Å². The van der Waals surface area contributed by atoms with Crippen LogP contribution in [-0.2, 0) is 0 Å². The number of rotatable bonds is 0. The van der Waals surface area contributed by atoms with E-state index in [1.807, 2.05) is 25.1 Å². The molecule has 0 aliphatic rings. The maximum atomic E-state index is 5.93. The second-order valence-electron chi connectivity index (χ2n) is 2.99. The molecule has 66 valence electrons. The van der Waals surface area contributed by atoms with E-state index < -0.39 is 0 Å². The SMILES string of the molecule is Cc1cc(Br)c2ncccc2c1N. The topological polar surface area (TPSA) is 38.9 Å². The van der Waals surface area contributed by atoms with Crippen molar-refractivity contribution in [3.63, 3.8) is 0 Å². The first-order valence-corrected chi connectivity index (χ1v) is 4.79. The minimum atomic E-state index is 0.811. The van der Waals surface area contributed by atoms with Crippen molar-refractivity contribution in [3.05, 3.63) is 34.4 Å². The Balaban J connectivity index is 2.97. The van der Waals surface area contributed by atoms with E-state index in [1.165, 1.54) is 0 Å². The van der Waals surface area contributed by atoms with Crippen molar-refractivity contribution in [2.24, 2.45) is 0 Å². The van der Waals surface area contributed by atoms with E-state index in [4.69, 9.17) is 5.73 Å². The third-order valence-corrected chi connectivity index (χ3v) is 2.70. The second kappa shape index (κ2) is 3.00. The number of nitrogens with zero attached hydrogens (tertiary/aromatic N) is 1. The van der Waals surface area contributed by atoms with Crippen molar-refractivity contribution in [2.45, 2.75) is 6.92 Å². The molecule has 0 amide bonds. The van der Waals surface area contributed by atoms with Crippen LogP contribution >= 0.6 is 15.9 Å². The predicted molar refractivity (Wildman–Crippen MR) is 58.6 cm³/mol. The fourth-order valence-corrected chi connectivity index (χ4v) is 2.02. The number of nitrogens with two attached hydrogens (primary N) is 1. The minimum Gasteiger partial charge on any atom is -0.398 e. The lowest BCUT2D eigenvalue weighted by Crippen LogP contribution is -1.92. The molecule has 1 heterocycles. The lowest BCUT2D eigenvalue weighted by molar-refractivity contribution is 1.38. The van der Waals surface area contributed by atoms with Crippen LogP contribution in [0.3, 0.4) is 0 Å².